The third-order valence-electron chi connectivity index (χ3n) is 2.07. The minimum atomic E-state index is -0.00463. The highest BCUT2D eigenvalue weighted by atomic mass is 16.3. The van der Waals surface area contributed by atoms with E-state index in [1.54, 1.807) is 6.20 Å². The summed E-state index contributed by atoms with van der Waals surface area (Å²) < 4.78 is 0. The molecular weight excluding hydrogens is 166 g/mol. The summed E-state index contributed by atoms with van der Waals surface area (Å²) in [6.07, 6.45) is 4.08. The molecule has 1 saturated carbocycles. The Morgan fingerprint density at radius 2 is 2.38 bits per heavy atom. The van der Waals surface area contributed by atoms with E-state index in [9.17, 15) is 0 Å². The highest BCUT2D eigenvalue weighted by Gasteiger charge is 2.22. The number of hydrogen-bond donors (Lipinski definition) is 2. The molecule has 1 aliphatic carbocycles. The maximum absolute atomic E-state index is 9.02. The van der Waals surface area contributed by atoms with Gasteiger partial charge in [0.05, 0.1) is 6.61 Å². The number of aromatic nitrogens is 2. The first-order valence-electron chi connectivity index (χ1n) is 4.49. The van der Waals surface area contributed by atoms with Gasteiger partial charge in [0.2, 0.25) is 0 Å². The Kier molecular flexibility index (Phi) is 2.14. The maximum Gasteiger partial charge on any atom is 0.135 e. The van der Waals surface area contributed by atoms with Crippen LogP contribution >= 0.6 is 0 Å². The Morgan fingerprint density at radius 1 is 1.62 bits per heavy atom. The number of aliphatic hydroxyl groups is 1. The van der Waals surface area contributed by atoms with E-state index in [0.29, 0.717) is 6.04 Å². The van der Waals surface area contributed by atoms with Crippen LogP contribution in [0.15, 0.2) is 6.20 Å². The van der Waals surface area contributed by atoms with Crippen molar-refractivity contribution < 1.29 is 5.11 Å². The van der Waals surface area contributed by atoms with E-state index in [0.717, 1.165) is 17.2 Å². The van der Waals surface area contributed by atoms with Gasteiger partial charge in [0.1, 0.15) is 11.6 Å². The predicted molar refractivity (Wildman–Crippen MR) is 49.3 cm³/mol. The van der Waals surface area contributed by atoms with Crippen molar-refractivity contribution in [3.63, 3.8) is 0 Å². The van der Waals surface area contributed by atoms with E-state index in [2.05, 4.69) is 15.3 Å². The van der Waals surface area contributed by atoms with Crippen LogP contribution in [0.5, 0.6) is 0 Å². The summed E-state index contributed by atoms with van der Waals surface area (Å²) in [6.45, 7) is 1.84. The predicted octanol–water partition coefficient (Wildman–Crippen LogP) is 0.852. The van der Waals surface area contributed by atoms with E-state index in [1.165, 1.54) is 12.8 Å². The summed E-state index contributed by atoms with van der Waals surface area (Å²) in [5.74, 6) is 1.53. The van der Waals surface area contributed by atoms with Gasteiger partial charge in [0.15, 0.2) is 0 Å². The van der Waals surface area contributed by atoms with Gasteiger partial charge < -0.3 is 10.4 Å². The molecule has 0 saturated heterocycles. The molecule has 1 aromatic rings. The average Bonchev–Trinajstić information content (AvgIpc) is 2.89. The summed E-state index contributed by atoms with van der Waals surface area (Å²) >= 11 is 0. The molecule has 0 radical (unpaired) electrons. The second kappa shape index (κ2) is 3.30. The van der Waals surface area contributed by atoms with Gasteiger partial charge in [-0.05, 0) is 19.8 Å². The van der Waals surface area contributed by atoms with Crippen molar-refractivity contribution in [1.29, 1.82) is 0 Å². The van der Waals surface area contributed by atoms with Crippen LogP contribution in [0.4, 0.5) is 5.82 Å². The molecule has 4 nitrogen and oxygen atoms in total. The molecule has 0 aromatic carbocycles. The van der Waals surface area contributed by atoms with Gasteiger partial charge in [-0.15, -0.1) is 0 Å². The number of anilines is 1. The van der Waals surface area contributed by atoms with Gasteiger partial charge in [-0.3, -0.25) is 0 Å². The highest BCUT2D eigenvalue weighted by Crippen LogP contribution is 2.25. The molecule has 0 unspecified atom stereocenters. The van der Waals surface area contributed by atoms with Gasteiger partial charge >= 0.3 is 0 Å². The second-order valence-electron chi connectivity index (χ2n) is 3.37. The molecule has 2 rings (SSSR count). The van der Waals surface area contributed by atoms with Crippen molar-refractivity contribution in [2.45, 2.75) is 32.4 Å². The average molecular weight is 179 g/mol. The fourth-order valence-electron chi connectivity index (χ4n) is 1.16. The van der Waals surface area contributed by atoms with Crippen LogP contribution in [0.1, 0.15) is 24.2 Å². The van der Waals surface area contributed by atoms with E-state index in [4.69, 9.17) is 5.11 Å². The fraction of sp³-hybridized carbons (Fsp3) is 0.556. The standard InChI is InChI=1S/C9H13N3O/c1-6-10-4-7(5-13)9(11-6)12-8-2-3-8/h4,8,13H,2-3,5H2,1H3,(H,10,11,12). The number of nitrogens with one attached hydrogen (secondary N) is 1. The van der Waals surface area contributed by atoms with Crippen molar-refractivity contribution in [3.05, 3.63) is 17.6 Å². The van der Waals surface area contributed by atoms with Crippen LogP contribution in [-0.4, -0.2) is 21.1 Å². The summed E-state index contributed by atoms with van der Waals surface area (Å²) in [6, 6.07) is 0.555. The Bertz CT molecular complexity index is 310. The van der Waals surface area contributed by atoms with Crippen molar-refractivity contribution in [1.82, 2.24) is 9.97 Å². The van der Waals surface area contributed by atoms with Crippen LogP contribution in [0.3, 0.4) is 0 Å². The highest BCUT2D eigenvalue weighted by molar-refractivity contribution is 5.44. The lowest BCUT2D eigenvalue weighted by Gasteiger charge is -2.08. The molecule has 4 heteroatoms. The molecule has 0 amide bonds. The molecule has 1 fully saturated rings. The third-order valence-corrected chi connectivity index (χ3v) is 2.07. The van der Waals surface area contributed by atoms with Gasteiger partial charge in [-0.1, -0.05) is 0 Å². The molecule has 1 aliphatic rings. The molecule has 70 valence electrons. The summed E-state index contributed by atoms with van der Waals surface area (Å²) in [7, 11) is 0. The zero-order valence-corrected chi connectivity index (χ0v) is 7.62. The van der Waals surface area contributed by atoms with E-state index >= 15 is 0 Å². The number of aliphatic hydroxyl groups excluding tert-OH is 1. The largest absolute Gasteiger partial charge is 0.391 e. The van der Waals surface area contributed by atoms with Gasteiger partial charge in [-0.25, -0.2) is 9.97 Å². The van der Waals surface area contributed by atoms with Crippen molar-refractivity contribution in [2.24, 2.45) is 0 Å². The maximum atomic E-state index is 9.02. The lowest BCUT2D eigenvalue weighted by Crippen LogP contribution is -2.08. The van der Waals surface area contributed by atoms with Crippen LogP contribution in [0.2, 0.25) is 0 Å². The zero-order valence-electron chi connectivity index (χ0n) is 7.62. The quantitative estimate of drug-likeness (QED) is 0.722. The first-order valence-corrected chi connectivity index (χ1v) is 4.49. The molecule has 0 aliphatic heterocycles. The van der Waals surface area contributed by atoms with Gasteiger partial charge in [0.25, 0.3) is 0 Å². The topological polar surface area (TPSA) is 58.0 Å². The van der Waals surface area contributed by atoms with E-state index < -0.39 is 0 Å². The van der Waals surface area contributed by atoms with Crippen molar-refractivity contribution >= 4 is 5.82 Å². The first-order chi connectivity index (χ1) is 6.29. The van der Waals surface area contributed by atoms with Gasteiger partial charge in [0, 0.05) is 17.8 Å². The van der Waals surface area contributed by atoms with Crippen molar-refractivity contribution in [2.75, 3.05) is 5.32 Å². The normalized spacial score (nSPS) is 15.8. The molecule has 0 atom stereocenters. The number of nitrogens with zero attached hydrogens (tertiary/aromatic N) is 2. The van der Waals surface area contributed by atoms with E-state index in [-0.39, 0.29) is 6.61 Å². The number of aryl methyl sites for hydroxylation is 1. The first kappa shape index (κ1) is 8.44. The monoisotopic (exact) mass is 179 g/mol. The van der Waals surface area contributed by atoms with Crippen LogP contribution < -0.4 is 5.32 Å². The van der Waals surface area contributed by atoms with Crippen molar-refractivity contribution in [3.8, 4) is 0 Å². The lowest BCUT2D eigenvalue weighted by molar-refractivity contribution is 0.281. The molecule has 2 N–H and O–H groups in total. The van der Waals surface area contributed by atoms with Crippen LogP contribution in [0, 0.1) is 6.92 Å². The SMILES string of the molecule is Cc1ncc(CO)c(NC2CC2)n1. The molecule has 0 spiro atoms. The third kappa shape index (κ3) is 1.95. The Hall–Kier alpha value is -1.16. The molecule has 13 heavy (non-hydrogen) atoms. The Morgan fingerprint density at radius 3 is 3.00 bits per heavy atom. The number of hydrogen-bond acceptors (Lipinski definition) is 4. The minimum absolute atomic E-state index is 0.00463. The molecule has 1 heterocycles. The second-order valence-corrected chi connectivity index (χ2v) is 3.37. The van der Waals surface area contributed by atoms with E-state index in [1.807, 2.05) is 6.92 Å². The van der Waals surface area contributed by atoms with Gasteiger partial charge in [-0.2, -0.15) is 0 Å². The molecular formula is C9H13N3O. The smallest absolute Gasteiger partial charge is 0.135 e. The zero-order chi connectivity index (χ0) is 9.26. The Balaban J connectivity index is 2.22. The Labute approximate surface area is 77.0 Å². The van der Waals surface area contributed by atoms with Crippen LogP contribution in [0.25, 0.3) is 0 Å². The fourth-order valence-corrected chi connectivity index (χ4v) is 1.16. The molecule has 0 bridgehead atoms. The number of rotatable bonds is 3. The van der Waals surface area contributed by atoms with Crippen LogP contribution in [-0.2, 0) is 6.61 Å². The minimum Gasteiger partial charge on any atom is -0.391 e. The molecule has 1 aromatic heterocycles. The summed E-state index contributed by atoms with van der Waals surface area (Å²) in [4.78, 5) is 8.27. The summed E-state index contributed by atoms with van der Waals surface area (Å²) in [5, 5.41) is 12.3. The summed E-state index contributed by atoms with van der Waals surface area (Å²) in [5.41, 5.74) is 0.775. The lowest BCUT2D eigenvalue weighted by atomic mass is 10.3.